The second-order valence-corrected chi connectivity index (χ2v) is 5.29. The van der Waals surface area contributed by atoms with E-state index in [-0.39, 0.29) is 5.91 Å². The number of nitrogens with zero attached hydrogens (tertiary/aromatic N) is 1. The topological polar surface area (TPSA) is 41.5 Å². The first-order valence-electron chi connectivity index (χ1n) is 7.31. The summed E-state index contributed by atoms with van der Waals surface area (Å²) in [6.45, 7) is 0. The summed E-state index contributed by atoms with van der Waals surface area (Å²) in [4.78, 5) is 12.3. The molecule has 1 N–H and O–H groups in total. The SMILES string of the molecule is O=C(NN=CC1CC=CCC1)c1cccc2ccccc12. The summed E-state index contributed by atoms with van der Waals surface area (Å²) in [7, 11) is 0. The van der Waals surface area contributed by atoms with Gasteiger partial charge in [0.25, 0.3) is 5.91 Å². The van der Waals surface area contributed by atoms with Crippen molar-refractivity contribution in [1.29, 1.82) is 0 Å². The molecule has 3 heteroatoms. The van der Waals surface area contributed by atoms with Crippen LogP contribution in [0.2, 0.25) is 0 Å². The lowest BCUT2D eigenvalue weighted by Gasteiger charge is -2.11. The van der Waals surface area contributed by atoms with Gasteiger partial charge in [-0.05, 0) is 42.0 Å². The highest BCUT2D eigenvalue weighted by Gasteiger charge is 2.09. The van der Waals surface area contributed by atoms with Crippen molar-refractivity contribution in [2.45, 2.75) is 19.3 Å². The maximum atomic E-state index is 12.3. The first kappa shape index (κ1) is 13.6. The molecule has 21 heavy (non-hydrogen) atoms. The number of carbonyl (C=O) groups is 1. The Morgan fingerprint density at radius 3 is 2.86 bits per heavy atom. The first-order chi connectivity index (χ1) is 10.3. The number of benzene rings is 2. The van der Waals surface area contributed by atoms with Gasteiger partial charge in [0, 0.05) is 11.8 Å². The number of rotatable bonds is 3. The Balaban J connectivity index is 1.72. The maximum Gasteiger partial charge on any atom is 0.271 e. The number of hydrogen-bond acceptors (Lipinski definition) is 2. The lowest BCUT2D eigenvalue weighted by atomic mass is 9.96. The molecule has 2 aromatic carbocycles. The largest absolute Gasteiger partial charge is 0.271 e. The van der Waals surface area contributed by atoms with E-state index in [2.05, 4.69) is 22.7 Å². The van der Waals surface area contributed by atoms with Gasteiger partial charge in [-0.2, -0.15) is 5.10 Å². The standard InChI is InChI=1S/C18H18N2O/c21-18(20-19-13-14-7-2-1-3-8-14)17-12-6-10-15-9-4-5-11-16(15)17/h1-2,4-6,9-14H,3,7-8H2,(H,20,21). The van der Waals surface area contributed by atoms with Crippen molar-refractivity contribution >= 4 is 22.9 Å². The molecule has 0 aliphatic heterocycles. The van der Waals surface area contributed by atoms with Crippen LogP contribution in [0.3, 0.4) is 0 Å². The summed E-state index contributed by atoms with van der Waals surface area (Å²) in [6, 6.07) is 13.6. The molecule has 106 valence electrons. The minimum atomic E-state index is -0.158. The van der Waals surface area contributed by atoms with E-state index >= 15 is 0 Å². The summed E-state index contributed by atoms with van der Waals surface area (Å²) >= 11 is 0. The number of fused-ring (bicyclic) bond motifs is 1. The lowest BCUT2D eigenvalue weighted by molar-refractivity contribution is 0.0956. The summed E-state index contributed by atoms with van der Waals surface area (Å²) in [5.74, 6) is 0.275. The molecule has 0 saturated heterocycles. The second-order valence-electron chi connectivity index (χ2n) is 5.29. The lowest BCUT2D eigenvalue weighted by Crippen LogP contribution is -2.19. The minimum absolute atomic E-state index is 0.158. The fraction of sp³-hybridized carbons (Fsp3) is 0.222. The van der Waals surface area contributed by atoms with Crippen LogP contribution in [0.1, 0.15) is 29.6 Å². The van der Waals surface area contributed by atoms with E-state index in [1.807, 2.05) is 48.7 Å². The molecule has 0 bridgehead atoms. The zero-order valence-electron chi connectivity index (χ0n) is 11.8. The molecule has 1 unspecified atom stereocenters. The van der Waals surface area contributed by atoms with Crippen molar-refractivity contribution in [3.05, 3.63) is 60.2 Å². The van der Waals surface area contributed by atoms with E-state index in [1.54, 1.807) is 0 Å². The molecule has 3 nitrogen and oxygen atoms in total. The molecule has 3 rings (SSSR count). The van der Waals surface area contributed by atoms with Crippen LogP contribution < -0.4 is 5.43 Å². The number of hydrogen-bond donors (Lipinski definition) is 1. The Labute approximate surface area is 124 Å². The van der Waals surface area contributed by atoms with Gasteiger partial charge in [-0.1, -0.05) is 48.6 Å². The summed E-state index contributed by atoms with van der Waals surface area (Å²) in [6.07, 6.45) is 9.42. The van der Waals surface area contributed by atoms with Gasteiger partial charge in [-0.3, -0.25) is 4.79 Å². The molecule has 2 aromatic rings. The summed E-state index contributed by atoms with van der Waals surface area (Å²) < 4.78 is 0. The van der Waals surface area contributed by atoms with Crippen molar-refractivity contribution in [2.24, 2.45) is 11.0 Å². The average Bonchev–Trinajstić information content (AvgIpc) is 2.55. The fourth-order valence-corrected chi connectivity index (χ4v) is 2.64. The molecule has 0 radical (unpaired) electrons. The molecule has 0 fully saturated rings. The molecule has 1 atom stereocenters. The third-order valence-electron chi connectivity index (χ3n) is 3.80. The van der Waals surface area contributed by atoms with Crippen LogP contribution in [0.25, 0.3) is 10.8 Å². The van der Waals surface area contributed by atoms with Gasteiger partial charge in [-0.25, -0.2) is 5.43 Å². The van der Waals surface area contributed by atoms with E-state index in [4.69, 9.17) is 0 Å². The molecule has 1 aliphatic rings. The Kier molecular flexibility index (Phi) is 4.10. The van der Waals surface area contributed by atoms with Crippen molar-refractivity contribution in [2.75, 3.05) is 0 Å². The second kappa shape index (κ2) is 6.35. The molecular weight excluding hydrogens is 260 g/mol. The van der Waals surface area contributed by atoms with E-state index < -0.39 is 0 Å². The van der Waals surface area contributed by atoms with Gasteiger partial charge >= 0.3 is 0 Å². The van der Waals surface area contributed by atoms with Gasteiger partial charge in [0.05, 0.1) is 0 Å². The monoisotopic (exact) mass is 278 g/mol. The van der Waals surface area contributed by atoms with Crippen LogP contribution in [0.5, 0.6) is 0 Å². The number of carbonyl (C=O) groups excluding carboxylic acids is 1. The van der Waals surface area contributed by atoms with Gasteiger partial charge < -0.3 is 0 Å². The summed E-state index contributed by atoms with van der Waals surface area (Å²) in [5, 5.41) is 6.13. The molecular formula is C18H18N2O. The molecule has 0 saturated carbocycles. The Hall–Kier alpha value is -2.42. The predicted octanol–water partition coefficient (Wildman–Crippen LogP) is 3.91. The van der Waals surface area contributed by atoms with E-state index in [0.717, 1.165) is 30.0 Å². The van der Waals surface area contributed by atoms with Crippen molar-refractivity contribution < 1.29 is 4.79 Å². The third-order valence-corrected chi connectivity index (χ3v) is 3.80. The van der Waals surface area contributed by atoms with Crippen LogP contribution in [0.4, 0.5) is 0 Å². The van der Waals surface area contributed by atoms with Crippen LogP contribution >= 0.6 is 0 Å². The van der Waals surface area contributed by atoms with Gasteiger partial charge in [0.15, 0.2) is 0 Å². The average molecular weight is 278 g/mol. The Morgan fingerprint density at radius 2 is 2.00 bits per heavy atom. The normalized spacial score (nSPS) is 18.2. The zero-order chi connectivity index (χ0) is 14.5. The Bertz CT molecular complexity index is 698. The van der Waals surface area contributed by atoms with Crippen LogP contribution in [-0.4, -0.2) is 12.1 Å². The first-order valence-corrected chi connectivity index (χ1v) is 7.31. The van der Waals surface area contributed by atoms with Crippen molar-refractivity contribution in [3.8, 4) is 0 Å². The highest BCUT2D eigenvalue weighted by molar-refractivity contribution is 6.07. The highest BCUT2D eigenvalue weighted by Crippen LogP contribution is 2.18. The molecule has 0 aromatic heterocycles. The molecule has 0 spiro atoms. The third kappa shape index (κ3) is 3.19. The smallest absolute Gasteiger partial charge is 0.267 e. The number of amides is 1. The molecule has 1 amide bonds. The fourth-order valence-electron chi connectivity index (χ4n) is 2.64. The van der Waals surface area contributed by atoms with Gasteiger partial charge in [0.2, 0.25) is 0 Å². The highest BCUT2D eigenvalue weighted by atomic mass is 16.2. The minimum Gasteiger partial charge on any atom is -0.267 e. The van der Waals surface area contributed by atoms with Gasteiger partial charge in [0.1, 0.15) is 0 Å². The van der Waals surface area contributed by atoms with E-state index in [0.29, 0.717) is 11.5 Å². The zero-order valence-corrected chi connectivity index (χ0v) is 11.8. The summed E-state index contributed by atoms with van der Waals surface area (Å²) in [5.41, 5.74) is 3.31. The van der Waals surface area contributed by atoms with E-state index in [1.165, 1.54) is 0 Å². The van der Waals surface area contributed by atoms with Crippen LogP contribution in [-0.2, 0) is 0 Å². The number of allylic oxidation sites excluding steroid dienone is 2. The number of nitrogens with one attached hydrogen (secondary N) is 1. The van der Waals surface area contributed by atoms with Crippen LogP contribution in [0, 0.1) is 5.92 Å². The predicted molar refractivity (Wildman–Crippen MR) is 86.4 cm³/mol. The van der Waals surface area contributed by atoms with E-state index in [9.17, 15) is 4.79 Å². The van der Waals surface area contributed by atoms with Crippen molar-refractivity contribution in [1.82, 2.24) is 5.43 Å². The van der Waals surface area contributed by atoms with Crippen LogP contribution in [0.15, 0.2) is 59.7 Å². The quantitative estimate of drug-likeness (QED) is 0.516. The Morgan fingerprint density at radius 1 is 1.14 bits per heavy atom. The van der Waals surface area contributed by atoms with Crippen molar-refractivity contribution in [3.63, 3.8) is 0 Å². The molecule has 0 heterocycles. The van der Waals surface area contributed by atoms with Gasteiger partial charge in [-0.15, -0.1) is 0 Å². The molecule has 1 aliphatic carbocycles. The number of hydrazone groups is 1. The maximum absolute atomic E-state index is 12.3.